The number of rotatable bonds is 6. The third-order valence-corrected chi connectivity index (χ3v) is 5.38. The lowest BCUT2D eigenvalue weighted by atomic mass is 10.2. The zero-order valence-electron chi connectivity index (χ0n) is 12.9. The molecule has 0 N–H and O–H groups in total. The standard InChI is InChI=1S/C16H19FN2OS2/c1-4-19(5-2)15(20)11(3)22-16-18-14(10-21-16)12-6-8-13(17)9-7-12/h6-11H,4-5H2,1-3H3. The van der Waals surface area contributed by atoms with Crippen LogP contribution in [-0.4, -0.2) is 34.1 Å². The molecule has 118 valence electrons. The molecule has 1 aromatic carbocycles. The smallest absolute Gasteiger partial charge is 0.235 e. The number of aromatic nitrogens is 1. The molecule has 0 aliphatic carbocycles. The van der Waals surface area contributed by atoms with E-state index in [-0.39, 0.29) is 17.0 Å². The summed E-state index contributed by atoms with van der Waals surface area (Å²) < 4.78 is 13.8. The summed E-state index contributed by atoms with van der Waals surface area (Å²) in [4.78, 5) is 18.6. The number of hydrogen-bond acceptors (Lipinski definition) is 4. The highest BCUT2D eigenvalue weighted by molar-refractivity contribution is 8.02. The van der Waals surface area contributed by atoms with E-state index in [4.69, 9.17) is 0 Å². The van der Waals surface area contributed by atoms with Crippen molar-refractivity contribution in [3.05, 3.63) is 35.5 Å². The highest BCUT2D eigenvalue weighted by atomic mass is 32.2. The average Bonchev–Trinajstić information content (AvgIpc) is 2.97. The monoisotopic (exact) mass is 338 g/mol. The van der Waals surface area contributed by atoms with E-state index in [1.54, 1.807) is 12.1 Å². The Labute approximate surface area is 138 Å². The van der Waals surface area contributed by atoms with Gasteiger partial charge >= 0.3 is 0 Å². The maximum Gasteiger partial charge on any atom is 0.235 e. The number of nitrogens with zero attached hydrogens (tertiary/aromatic N) is 2. The van der Waals surface area contributed by atoms with Gasteiger partial charge in [-0.15, -0.1) is 11.3 Å². The fraction of sp³-hybridized carbons (Fsp3) is 0.375. The topological polar surface area (TPSA) is 33.2 Å². The Bertz CT molecular complexity index is 623. The number of benzene rings is 1. The second-order valence-electron chi connectivity index (χ2n) is 4.78. The minimum atomic E-state index is -0.257. The first-order valence-corrected chi connectivity index (χ1v) is 8.98. The van der Waals surface area contributed by atoms with Crippen LogP contribution in [0.2, 0.25) is 0 Å². The predicted octanol–water partition coefficient (Wildman–Crippen LogP) is 4.30. The van der Waals surface area contributed by atoms with Crippen LogP contribution in [0, 0.1) is 5.82 Å². The van der Waals surface area contributed by atoms with Crippen LogP contribution in [0.15, 0.2) is 34.0 Å². The maximum absolute atomic E-state index is 12.9. The van der Waals surface area contributed by atoms with Crippen molar-refractivity contribution in [3.8, 4) is 11.3 Å². The molecule has 0 fully saturated rings. The summed E-state index contributed by atoms with van der Waals surface area (Å²) in [6.07, 6.45) is 0. The van der Waals surface area contributed by atoms with Gasteiger partial charge in [0, 0.05) is 24.0 Å². The summed E-state index contributed by atoms with van der Waals surface area (Å²) in [7, 11) is 0. The van der Waals surface area contributed by atoms with E-state index in [0.29, 0.717) is 0 Å². The van der Waals surface area contributed by atoms with Gasteiger partial charge in [0.25, 0.3) is 0 Å². The molecule has 1 heterocycles. The minimum Gasteiger partial charge on any atom is -0.342 e. The Morgan fingerprint density at radius 1 is 1.32 bits per heavy atom. The minimum absolute atomic E-state index is 0.133. The maximum atomic E-state index is 12.9. The van der Waals surface area contributed by atoms with Crippen molar-refractivity contribution < 1.29 is 9.18 Å². The molecule has 3 nitrogen and oxygen atoms in total. The molecule has 1 unspecified atom stereocenters. The van der Waals surface area contributed by atoms with Crippen molar-refractivity contribution in [2.75, 3.05) is 13.1 Å². The molecular formula is C16H19FN2OS2. The summed E-state index contributed by atoms with van der Waals surface area (Å²) in [5.41, 5.74) is 1.70. The average molecular weight is 338 g/mol. The molecule has 1 atom stereocenters. The zero-order valence-corrected chi connectivity index (χ0v) is 14.5. The van der Waals surface area contributed by atoms with Gasteiger partial charge in [0.05, 0.1) is 10.9 Å². The molecule has 1 amide bonds. The molecule has 0 aliphatic rings. The Kier molecular flexibility index (Phi) is 5.97. The van der Waals surface area contributed by atoms with Gasteiger partial charge in [-0.25, -0.2) is 9.37 Å². The Morgan fingerprint density at radius 2 is 1.95 bits per heavy atom. The van der Waals surface area contributed by atoms with Crippen molar-refractivity contribution in [3.63, 3.8) is 0 Å². The number of halogens is 1. The molecule has 22 heavy (non-hydrogen) atoms. The number of carbonyl (C=O) groups excluding carboxylic acids is 1. The van der Waals surface area contributed by atoms with Crippen LogP contribution in [0.4, 0.5) is 4.39 Å². The van der Waals surface area contributed by atoms with Crippen LogP contribution in [0.3, 0.4) is 0 Å². The van der Waals surface area contributed by atoms with Crippen LogP contribution in [0.25, 0.3) is 11.3 Å². The van der Waals surface area contributed by atoms with Crippen LogP contribution in [0.1, 0.15) is 20.8 Å². The van der Waals surface area contributed by atoms with E-state index in [0.717, 1.165) is 28.7 Å². The van der Waals surface area contributed by atoms with Crippen molar-refractivity contribution in [2.24, 2.45) is 0 Å². The van der Waals surface area contributed by atoms with Crippen molar-refractivity contribution >= 4 is 29.0 Å². The number of amides is 1. The van der Waals surface area contributed by atoms with Gasteiger partial charge < -0.3 is 4.90 Å². The van der Waals surface area contributed by atoms with E-state index in [1.807, 2.05) is 31.1 Å². The third-order valence-electron chi connectivity index (χ3n) is 3.32. The van der Waals surface area contributed by atoms with Gasteiger partial charge in [-0.3, -0.25) is 4.79 Å². The van der Waals surface area contributed by atoms with E-state index in [1.165, 1.54) is 35.2 Å². The SMILES string of the molecule is CCN(CC)C(=O)C(C)Sc1nc(-c2ccc(F)cc2)cs1. The van der Waals surface area contributed by atoms with Crippen molar-refractivity contribution in [2.45, 2.75) is 30.4 Å². The summed E-state index contributed by atoms with van der Waals surface area (Å²) in [5, 5.41) is 1.77. The molecular weight excluding hydrogens is 319 g/mol. The molecule has 2 aromatic rings. The van der Waals surface area contributed by atoms with Crippen molar-refractivity contribution in [1.82, 2.24) is 9.88 Å². The zero-order chi connectivity index (χ0) is 16.1. The van der Waals surface area contributed by atoms with Gasteiger partial charge in [-0.1, -0.05) is 11.8 Å². The Morgan fingerprint density at radius 3 is 2.55 bits per heavy atom. The fourth-order valence-corrected chi connectivity index (χ4v) is 4.11. The van der Waals surface area contributed by atoms with Crippen LogP contribution < -0.4 is 0 Å². The molecule has 2 rings (SSSR count). The van der Waals surface area contributed by atoms with Crippen molar-refractivity contribution in [1.29, 1.82) is 0 Å². The van der Waals surface area contributed by atoms with Gasteiger partial charge in [0.1, 0.15) is 5.82 Å². The van der Waals surface area contributed by atoms with E-state index in [9.17, 15) is 9.18 Å². The number of carbonyl (C=O) groups is 1. The third kappa shape index (κ3) is 4.08. The second-order valence-corrected chi connectivity index (χ2v) is 7.22. The summed E-state index contributed by atoms with van der Waals surface area (Å²) in [6, 6.07) is 6.27. The van der Waals surface area contributed by atoms with E-state index in [2.05, 4.69) is 4.98 Å². The van der Waals surface area contributed by atoms with Crippen LogP contribution >= 0.6 is 23.1 Å². The largest absolute Gasteiger partial charge is 0.342 e. The summed E-state index contributed by atoms with van der Waals surface area (Å²) in [6.45, 7) is 7.31. The van der Waals surface area contributed by atoms with E-state index >= 15 is 0 Å². The first-order valence-electron chi connectivity index (χ1n) is 7.22. The first kappa shape index (κ1) is 17.0. The quantitative estimate of drug-likeness (QED) is 0.736. The molecule has 6 heteroatoms. The highest BCUT2D eigenvalue weighted by Gasteiger charge is 2.20. The lowest BCUT2D eigenvalue weighted by Gasteiger charge is -2.21. The van der Waals surface area contributed by atoms with E-state index < -0.39 is 0 Å². The first-order chi connectivity index (χ1) is 10.5. The van der Waals surface area contributed by atoms with Crippen LogP contribution in [-0.2, 0) is 4.79 Å². The molecule has 0 saturated heterocycles. The van der Waals surface area contributed by atoms with Crippen LogP contribution in [0.5, 0.6) is 0 Å². The molecule has 0 aliphatic heterocycles. The number of thiazole rings is 1. The van der Waals surface area contributed by atoms with Gasteiger partial charge in [-0.2, -0.15) is 0 Å². The second kappa shape index (κ2) is 7.74. The number of hydrogen-bond donors (Lipinski definition) is 0. The molecule has 1 aromatic heterocycles. The molecule has 0 spiro atoms. The Hall–Kier alpha value is -1.40. The summed E-state index contributed by atoms with van der Waals surface area (Å²) >= 11 is 2.98. The lowest BCUT2D eigenvalue weighted by Crippen LogP contribution is -2.36. The fourth-order valence-electron chi connectivity index (χ4n) is 2.06. The lowest BCUT2D eigenvalue weighted by molar-refractivity contribution is -0.129. The van der Waals surface area contributed by atoms with Gasteiger partial charge in [0.2, 0.25) is 5.91 Å². The molecule has 0 radical (unpaired) electrons. The molecule has 0 saturated carbocycles. The predicted molar refractivity (Wildman–Crippen MR) is 90.8 cm³/mol. The van der Waals surface area contributed by atoms with Gasteiger partial charge in [0.15, 0.2) is 4.34 Å². The normalized spacial score (nSPS) is 12.2. The number of thioether (sulfide) groups is 1. The van der Waals surface area contributed by atoms with Gasteiger partial charge in [-0.05, 0) is 45.0 Å². The summed E-state index contributed by atoms with van der Waals surface area (Å²) in [5.74, 6) is -0.124. The molecule has 0 bridgehead atoms. The Balaban J connectivity index is 2.05. The highest BCUT2D eigenvalue weighted by Crippen LogP contribution is 2.31.